The van der Waals surface area contributed by atoms with Crippen LogP contribution in [-0.2, 0) is 12.0 Å². The van der Waals surface area contributed by atoms with Crippen LogP contribution >= 0.6 is 11.3 Å². The molecule has 1 unspecified atom stereocenters. The zero-order valence-corrected chi connectivity index (χ0v) is 11.3. The second-order valence-corrected chi connectivity index (χ2v) is 5.47. The summed E-state index contributed by atoms with van der Waals surface area (Å²) in [4.78, 5) is 1.03. The molecule has 0 saturated heterocycles. The van der Waals surface area contributed by atoms with Crippen LogP contribution in [0.1, 0.15) is 35.4 Å². The van der Waals surface area contributed by atoms with Crippen LogP contribution in [0.2, 0.25) is 0 Å². The highest BCUT2D eigenvalue weighted by Crippen LogP contribution is 2.35. The van der Waals surface area contributed by atoms with Crippen molar-refractivity contribution in [2.45, 2.75) is 32.8 Å². The van der Waals surface area contributed by atoms with Gasteiger partial charge in [-0.15, -0.1) is 11.3 Å². The average Bonchev–Trinajstić information content (AvgIpc) is 2.76. The minimum atomic E-state index is -0.885. The predicted octanol–water partition coefficient (Wildman–Crippen LogP) is 3.87. The summed E-state index contributed by atoms with van der Waals surface area (Å²) in [6.45, 7) is 6.05. The van der Waals surface area contributed by atoms with E-state index in [-0.39, 0.29) is 0 Å². The lowest BCUT2D eigenvalue weighted by molar-refractivity contribution is 0.105. The lowest BCUT2D eigenvalue weighted by Gasteiger charge is -2.24. The molecule has 0 spiro atoms. The normalized spacial score (nSPS) is 14.6. The molecule has 1 N–H and O–H groups in total. The van der Waals surface area contributed by atoms with Gasteiger partial charge in [0.2, 0.25) is 0 Å². The van der Waals surface area contributed by atoms with E-state index in [9.17, 15) is 5.11 Å². The molecule has 1 aromatic heterocycles. The van der Waals surface area contributed by atoms with E-state index in [0.29, 0.717) is 0 Å². The Morgan fingerprint density at radius 3 is 2.65 bits per heavy atom. The fourth-order valence-corrected chi connectivity index (χ4v) is 3.11. The number of rotatable bonds is 3. The van der Waals surface area contributed by atoms with Crippen LogP contribution in [0.3, 0.4) is 0 Å². The van der Waals surface area contributed by atoms with Gasteiger partial charge in [0.15, 0.2) is 0 Å². The third-order valence-electron chi connectivity index (χ3n) is 3.20. The maximum absolute atomic E-state index is 10.8. The summed E-state index contributed by atoms with van der Waals surface area (Å²) in [6, 6.07) is 10.3. The van der Waals surface area contributed by atoms with Crippen LogP contribution in [0.25, 0.3) is 0 Å². The Labute approximate surface area is 107 Å². The van der Waals surface area contributed by atoms with E-state index in [0.717, 1.165) is 22.4 Å². The minimum Gasteiger partial charge on any atom is -0.380 e. The Bertz CT molecular complexity index is 511. The molecule has 1 aromatic carbocycles. The van der Waals surface area contributed by atoms with Crippen molar-refractivity contribution in [1.29, 1.82) is 0 Å². The van der Waals surface area contributed by atoms with Crippen molar-refractivity contribution in [3.8, 4) is 0 Å². The van der Waals surface area contributed by atoms with Crippen molar-refractivity contribution in [3.05, 3.63) is 57.3 Å². The van der Waals surface area contributed by atoms with E-state index in [1.54, 1.807) is 11.3 Å². The summed E-state index contributed by atoms with van der Waals surface area (Å²) in [7, 11) is 0. The molecule has 0 saturated carbocycles. The van der Waals surface area contributed by atoms with Crippen LogP contribution in [-0.4, -0.2) is 5.11 Å². The maximum Gasteiger partial charge on any atom is 0.121 e. The first-order chi connectivity index (χ1) is 8.05. The minimum absolute atomic E-state index is 0.885. The van der Waals surface area contributed by atoms with Crippen molar-refractivity contribution >= 4 is 11.3 Å². The summed E-state index contributed by atoms with van der Waals surface area (Å²) in [5.74, 6) is 0. The molecule has 0 bridgehead atoms. The predicted molar refractivity (Wildman–Crippen MR) is 73.5 cm³/mol. The molecule has 0 aliphatic rings. The summed E-state index contributed by atoms with van der Waals surface area (Å²) in [5.41, 5.74) is 2.50. The summed E-state index contributed by atoms with van der Waals surface area (Å²) < 4.78 is 0. The summed E-state index contributed by atoms with van der Waals surface area (Å²) in [5, 5.41) is 12.8. The second kappa shape index (κ2) is 4.63. The topological polar surface area (TPSA) is 20.2 Å². The molecule has 0 radical (unpaired) electrons. The zero-order valence-electron chi connectivity index (χ0n) is 10.5. The molecule has 17 heavy (non-hydrogen) atoms. The smallest absolute Gasteiger partial charge is 0.121 e. The van der Waals surface area contributed by atoms with Gasteiger partial charge in [-0.05, 0) is 48.4 Å². The third-order valence-corrected chi connectivity index (χ3v) is 4.43. The van der Waals surface area contributed by atoms with Crippen molar-refractivity contribution in [1.82, 2.24) is 0 Å². The van der Waals surface area contributed by atoms with E-state index in [1.165, 1.54) is 5.56 Å². The molecule has 2 heteroatoms. The number of hydrogen-bond acceptors (Lipinski definition) is 2. The van der Waals surface area contributed by atoms with Crippen molar-refractivity contribution in [3.63, 3.8) is 0 Å². The van der Waals surface area contributed by atoms with Crippen LogP contribution in [0.4, 0.5) is 0 Å². The number of benzene rings is 1. The second-order valence-electron chi connectivity index (χ2n) is 4.56. The molecule has 0 fully saturated rings. The molecule has 1 nitrogen and oxygen atoms in total. The van der Waals surface area contributed by atoms with Gasteiger partial charge < -0.3 is 5.11 Å². The Hall–Kier alpha value is -1.12. The highest BCUT2D eigenvalue weighted by atomic mass is 32.1. The number of thiophene rings is 1. The van der Waals surface area contributed by atoms with Crippen LogP contribution < -0.4 is 0 Å². The summed E-state index contributed by atoms with van der Waals surface area (Å²) in [6.07, 6.45) is 0.993. The zero-order chi connectivity index (χ0) is 12.5. The van der Waals surface area contributed by atoms with Gasteiger partial charge in [0.05, 0.1) is 0 Å². The molecule has 0 aliphatic heterocycles. The van der Waals surface area contributed by atoms with Gasteiger partial charge in [0.25, 0.3) is 0 Å². The van der Waals surface area contributed by atoms with E-state index < -0.39 is 5.60 Å². The number of aliphatic hydroxyl groups is 1. The van der Waals surface area contributed by atoms with Gasteiger partial charge in [-0.3, -0.25) is 0 Å². The molecular formula is C15H18OS. The van der Waals surface area contributed by atoms with Crippen LogP contribution in [0.5, 0.6) is 0 Å². The summed E-state index contributed by atoms with van der Waals surface area (Å²) >= 11 is 1.61. The van der Waals surface area contributed by atoms with Gasteiger partial charge in [-0.25, -0.2) is 0 Å². The number of hydrogen-bond donors (Lipinski definition) is 1. The molecule has 0 amide bonds. The Kier molecular flexibility index (Phi) is 3.36. The Balaban J connectivity index is 2.47. The average molecular weight is 246 g/mol. The van der Waals surface area contributed by atoms with Gasteiger partial charge >= 0.3 is 0 Å². The first kappa shape index (κ1) is 12.3. The fourth-order valence-electron chi connectivity index (χ4n) is 2.10. The van der Waals surface area contributed by atoms with E-state index >= 15 is 0 Å². The highest BCUT2D eigenvalue weighted by Gasteiger charge is 2.28. The van der Waals surface area contributed by atoms with Crippen molar-refractivity contribution < 1.29 is 5.11 Å². The third kappa shape index (κ3) is 2.28. The van der Waals surface area contributed by atoms with Crippen LogP contribution in [0.15, 0.2) is 35.7 Å². The van der Waals surface area contributed by atoms with E-state index in [2.05, 4.69) is 25.1 Å². The van der Waals surface area contributed by atoms with Crippen molar-refractivity contribution in [2.24, 2.45) is 0 Å². The monoisotopic (exact) mass is 246 g/mol. The molecule has 90 valence electrons. The van der Waals surface area contributed by atoms with Gasteiger partial charge in [-0.2, -0.15) is 0 Å². The highest BCUT2D eigenvalue weighted by molar-refractivity contribution is 7.10. The lowest BCUT2D eigenvalue weighted by Crippen LogP contribution is -2.22. The largest absolute Gasteiger partial charge is 0.380 e. The lowest BCUT2D eigenvalue weighted by atomic mass is 9.91. The number of aryl methyl sites for hydroxylation is 2. The first-order valence-corrected chi connectivity index (χ1v) is 6.80. The molecule has 1 atom stereocenters. The first-order valence-electron chi connectivity index (χ1n) is 5.92. The Morgan fingerprint density at radius 1 is 1.29 bits per heavy atom. The Morgan fingerprint density at radius 2 is 2.06 bits per heavy atom. The quantitative estimate of drug-likeness (QED) is 0.871. The maximum atomic E-state index is 10.8. The SMILES string of the molecule is CCc1cccc(C(C)(O)c2sccc2C)c1. The van der Waals surface area contributed by atoms with E-state index in [4.69, 9.17) is 0 Å². The molecule has 2 rings (SSSR count). The van der Waals surface area contributed by atoms with Crippen molar-refractivity contribution in [2.75, 3.05) is 0 Å². The molecule has 2 aromatic rings. The molecule has 0 aliphatic carbocycles. The van der Waals surface area contributed by atoms with Gasteiger partial charge in [0, 0.05) is 4.88 Å². The van der Waals surface area contributed by atoms with E-state index in [1.807, 2.05) is 31.4 Å². The van der Waals surface area contributed by atoms with Gasteiger partial charge in [0.1, 0.15) is 5.60 Å². The molecular weight excluding hydrogens is 228 g/mol. The van der Waals surface area contributed by atoms with Gasteiger partial charge in [-0.1, -0.05) is 31.2 Å². The molecule has 1 heterocycles. The standard InChI is InChI=1S/C15H18OS/c1-4-12-6-5-7-13(10-12)15(3,16)14-11(2)8-9-17-14/h5-10,16H,4H2,1-3H3. The fraction of sp³-hybridized carbons (Fsp3) is 0.333. The van der Waals surface area contributed by atoms with Crippen LogP contribution in [0, 0.1) is 6.92 Å².